The molecule has 2 heterocycles. The third-order valence-electron chi connectivity index (χ3n) is 5.32. The number of likely N-dealkylation sites (tertiary alicyclic amines) is 1. The fourth-order valence-corrected chi connectivity index (χ4v) is 3.60. The van der Waals surface area contributed by atoms with Gasteiger partial charge in [-0.25, -0.2) is 0 Å². The van der Waals surface area contributed by atoms with Gasteiger partial charge in [-0.3, -0.25) is 4.90 Å². The maximum Gasteiger partial charge on any atom is 0.149 e. The van der Waals surface area contributed by atoms with Gasteiger partial charge in [-0.2, -0.15) is 0 Å². The average Bonchev–Trinajstić information content (AvgIpc) is 2.62. The number of nitrogens with zero attached hydrogens (tertiary/aromatic N) is 3. The SMILES string of the molecule is Cc1cc(NC2CCC(C=O)N(C)C2)nnc1-c1ccc(C(C)C)cc1O. The number of likely N-dealkylation sites (N-methyl/N-ethyl adjacent to an activating group) is 1. The number of hydrogen-bond acceptors (Lipinski definition) is 6. The quantitative estimate of drug-likeness (QED) is 0.788. The highest BCUT2D eigenvalue weighted by molar-refractivity contribution is 5.70. The molecule has 3 rings (SSSR count). The molecular weight excluding hydrogens is 340 g/mol. The second-order valence-corrected chi connectivity index (χ2v) is 7.75. The van der Waals surface area contributed by atoms with Crippen molar-refractivity contribution in [3.8, 4) is 17.0 Å². The van der Waals surface area contributed by atoms with Crippen LogP contribution in [0.2, 0.25) is 0 Å². The average molecular weight is 368 g/mol. The molecule has 6 nitrogen and oxygen atoms in total. The van der Waals surface area contributed by atoms with E-state index in [1.807, 2.05) is 32.2 Å². The third kappa shape index (κ3) is 4.27. The van der Waals surface area contributed by atoms with E-state index in [2.05, 4.69) is 34.3 Å². The summed E-state index contributed by atoms with van der Waals surface area (Å²) in [6, 6.07) is 7.94. The Labute approximate surface area is 160 Å². The minimum atomic E-state index is 0.00929. The van der Waals surface area contributed by atoms with Crippen molar-refractivity contribution in [1.29, 1.82) is 0 Å². The highest BCUT2D eigenvalue weighted by atomic mass is 16.3. The molecule has 0 aliphatic carbocycles. The number of rotatable bonds is 5. The smallest absolute Gasteiger partial charge is 0.149 e. The first-order valence-corrected chi connectivity index (χ1v) is 9.48. The summed E-state index contributed by atoms with van der Waals surface area (Å²) in [5.41, 5.74) is 3.43. The second-order valence-electron chi connectivity index (χ2n) is 7.75. The summed E-state index contributed by atoms with van der Waals surface area (Å²) >= 11 is 0. The van der Waals surface area contributed by atoms with Crippen LogP contribution in [0.3, 0.4) is 0 Å². The monoisotopic (exact) mass is 368 g/mol. The van der Waals surface area contributed by atoms with Crippen LogP contribution in [0.15, 0.2) is 24.3 Å². The highest BCUT2D eigenvalue weighted by Gasteiger charge is 2.25. The first-order valence-electron chi connectivity index (χ1n) is 9.48. The molecule has 27 heavy (non-hydrogen) atoms. The van der Waals surface area contributed by atoms with E-state index >= 15 is 0 Å². The van der Waals surface area contributed by atoms with Crippen LogP contribution in [0.4, 0.5) is 5.82 Å². The van der Waals surface area contributed by atoms with E-state index in [-0.39, 0.29) is 17.8 Å². The van der Waals surface area contributed by atoms with Gasteiger partial charge in [-0.05, 0) is 62.1 Å². The lowest BCUT2D eigenvalue weighted by atomic mass is 9.98. The molecular formula is C21H28N4O2. The van der Waals surface area contributed by atoms with E-state index in [0.717, 1.165) is 42.6 Å². The maximum absolute atomic E-state index is 11.0. The van der Waals surface area contributed by atoms with Crippen molar-refractivity contribution in [2.75, 3.05) is 18.9 Å². The molecule has 6 heteroatoms. The van der Waals surface area contributed by atoms with Crippen molar-refractivity contribution in [2.24, 2.45) is 0 Å². The van der Waals surface area contributed by atoms with Crippen molar-refractivity contribution in [3.63, 3.8) is 0 Å². The van der Waals surface area contributed by atoms with Gasteiger partial charge in [-0.1, -0.05) is 19.9 Å². The zero-order chi connectivity index (χ0) is 19.6. The molecule has 1 aliphatic rings. The summed E-state index contributed by atoms with van der Waals surface area (Å²) in [6.07, 6.45) is 2.79. The Morgan fingerprint density at radius 3 is 2.63 bits per heavy atom. The summed E-state index contributed by atoms with van der Waals surface area (Å²) in [5.74, 6) is 1.31. The number of carbonyl (C=O) groups is 1. The first-order chi connectivity index (χ1) is 12.9. The number of phenols is 1. The Kier molecular flexibility index (Phi) is 5.75. The fourth-order valence-electron chi connectivity index (χ4n) is 3.60. The van der Waals surface area contributed by atoms with Crippen molar-refractivity contribution in [2.45, 2.75) is 51.6 Å². The number of carbonyl (C=O) groups excluding carboxylic acids is 1. The highest BCUT2D eigenvalue weighted by Crippen LogP contribution is 2.33. The molecule has 0 radical (unpaired) electrons. The topological polar surface area (TPSA) is 78.4 Å². The number of aromatic nitrogens is 2. The molecule has 1 aromatic carbocycles. The van der Waals surface area contributed by atoms with E-state index < -0.39 is 0 Å². The van der Waals surface area contributed by atoms with E-state index in [4.69, 9.17) is 0 Å². The molecule has 1 aliphatic heterocycles. The summed E-state index contributed by atoms with van der Waals surface area (Å²) in [4.78, 5) is 13.1. The fraction of sp³-hybridized carbons (Fsp3) is 0.476. The minimum Gasteiger partial charge on any atom is -0.507 e. The number of nitrogens with one attached hydrogen (secondary N) is 1. The van der Waals surface area contributed by atoms with Crippen LogP contribution < -0.4 is 5.32 Å². The zero-order valence-electron chi connectivity index (χ0n) is 16.4. The molecule has 0 amide bonds. The minimum absolute atomic E-state index is 0.00929. The lowest BCUT2D eigenvalue weighted by Gasteiger charge is -2.34. The van der Waals surface area contributed by atoms with Gasteiger partial charge in [0, 0.05) is 18.2 Å². The summed E-state index contributed by atoms with van der Waals surface area (Å²) in [7, 11) is 1.97. The lowest BCUT2D eigenvalue weighted by molar-refractivity contribution is -0.112. The molecule has 0 spiro atoms. The van der Waals surface area contributed by atoms with Gasteiger partial charge in [0.25, 0.3) is 0 Å². The number of aromatic hydroxyl groups is 1. The van der Waals surface area contributed by atoms with E-state index in [9.17, 15) is 9.90 Å². The van der Waals surface area contributed by atoms with Crippen molar-refractivity contribution in [3.05, 3.63) is 35.4 Å². The van der Waals surface area contributed by atoms with E-state index in [1.165, 1.54) is 0 Å². The molecule has 1 fully saturated rings. The molecule has 144 valence electrons. The number of anilines is 1. The van der Waals surface area contributed by atoms with Gasteiger partial charge in [-0.15, -0.1) is 10.2 Å². The number of phenolic OH excluding ortho intramolecular Hbond substituents is 1. The van der Waals surface area contributed by atoms with Crippen LogP contribution in [0.5, 0.6) is 5.75 Å². The molecule has 0 bridgehead atoms. The predicted molar refractivity (Wildman–Crippen MR) is 107 cm³/mol. The van der Waals surface area contributed by atoms with Gasteiger partial charge in [0.2, 0.25) is 0 Å². The van der Waals surface area contributed by atoms with E-state index in [0.29, 0.717) is 17.2 Å². The summed E-state index contributed by atoms with van der Waals surface area (Å²) in [6.45, 7) is 6.96. The number of benzene rings is 1. The Morgan fingerprint density at radius 1 is 1.26 bits per heavy atom. The normalized spacial score (nSPS) is 20.6. The standard InChI is InChI=1S/C21H28N4O2/c1-13(2)15-5-8-18(19(27)10-15)21-14(3)9-20(23-24-21)22-16-6-7-17(12-26)25(4)11-16/h5,8-10,12-13,16-17,27H,6-7,11H2,1-4H3,(H,22,23). The maximum atomic E-state index is 11.0. The van der Waals surface area contributed by atoms with Gasteiger partial charge in [0.1, 0.15) is 17.9 Å². The zero-order valence-corrected chi connectivity index (χ0v) is 16.4. The van der Waals surface area contributed by atoms with Gasteiger partial charge < -0.3 is 15.2 Å². The van der Waals surface area contributed by atoms with Gasteiger partial charge in [0.15, 0.2) is 0 Å². The second kappa shape index (κ2) is 8.05. The molecule has 1 saturated heterocycles. The van der Waals surface area contributed by atoms with Crippen LogP contribution in [0, 0.1) is 6.92 Å². The van der Waals surface area contributed by atoms with Gasteiger partial charge >= 0.3 is 0 Å². The van der Waals surface area contributed by atoms with Crippen molar-refractivity contribution in [1.82, 2.24) is 15.1 Å². The largest absolute Gasteiger partial charge is 0.507 e. The lowest BCUT2D eigenvalue weighted by Crippen LogP contribution is -2.46. The van der Waals surface area contributed by atoms with Crippen LogP contribution >= 0.6 is 0 Å². The summed E-state index contributed by atoms with van der Waals surface area (Å²) in [5, 5.41) is 22.5. The molecule has 1 aromatic heterocycles. The predicted octanol–water partition coefficient (Wildman–Crippen LogP) is 3.35. The van der Waals surface area contributed by atoms with Crippen molar-refractivity contribution >= 4 is 12.1 Å². The molecule has 2 atom stereocenters. The first kappa shape index (κ1) is 19.3. The van der Waals surface area contributed by atoms with Crippen LogP contribution in [0.25, 0.3) is 11.3 Å². The molecule has 2 unspecified atom stereocenters. The number of hydrogen-bond donors (Lipinski definition) is 2. The number of aryl methyl sites for hydroxylation is 1. The van der Waals surface area contributed by atoms with Crippen LogP contribution in [0.1, 0.15) is 43.7 Å². The van der Waals surface area contributed by atoms with Crippen LogP contribution in [-0.4, -0.2) is 52.2 Å². The van der Waals surface area contributed by atoms with Gasteiger partial charge in [0.05, 0.1) is 11.7 Å². The number of aldehydes is 1. The summed E-state index contributed by atoms with van der Waals surface area (Å²) < 4.78 is 0. The third-order valence-corrected chi connectivity index (χ3v) is 5.32. The van der Waals surface area contributed by atoms with Crippen LogP contribution in [-0.2, 0) is 4.79 Å². The molecule has 0 saturated carbocycles. The Balaban J connectivity index is 1.76. The Morgan fingerprint density at radius 2 is 2.04 bits per heavy atom. The molecule has 2 aromatic rings. The van der Waals surface area contributed by atoms with E-state index in [1.54, 1.807) is 6.07 Å². The Bertz CT molecular complexity index is 822. The number of piperidine rings is 1. The van der Waals surface area contributed by atoms with Crippen molar-refractivity contribution < 1.29 is 9.90 Å². The Hall–Kier alpha value is -2.47. The molecule has 2 N–H and O–H groups in total.